The summed E-state index contributed by atoms with van der Waals surface area (Å²) < 4.78 is 39.8. The van der Waals surface area contributed by atoms with Crippen LogP contribution in [0.15, 0.2) is 54.6 Å². The molecule has 0 aliphatic carbocycles. The molecule has 2 aromatic rings. The Bertz CT molecular complexity index is 1060. The van der Waals surface area contributed by atoms with E-state index in [1.54, 1.807) is 17.9 Å². The Morgan fingerprint density at radius 1 is 1.00 bits per heavy atom. The zero-order chi connectivity index (χ0) is 25.8. The highest BCUT2D eigenvalue weighted by molar-refractivity contribution is 7.92. The average molecular weight is 506 g/mol. The van der Waals surface area contributed by atoms with Crippen molar-refractivity contribution in [3.63, 3.8) is 0 Å². The molecule has 0 aliphatic heterocycles. The number of anilines is 1. The number of halogens is 1. The number of nitrogens with zero attached hydrogens (tertiary/aromatic N) is 2. The van der Waals surface area contributed by atoms with Crippen LogP contribution in [0.4, 0.5) is 10.1 Å². The molecule has 1 atom stereocenters. The van der Waals surface area contributed by atoms with Gasteiger partial charge in [-0.2, -0.15) is 0 Å². The molecular formula is C26H36FN3O4S. The first-order valence-electron chi connectivity index (χ1n) is 12.0. The van der Waals surface area contributed by atoms with Crippen LogP contribution in [-0.2, 0) is 26.0 Å². The Hall–Kier alpha value is -2.94. The number of rotatable bonds is 14. The number of unbranched alkanes of at least 4 members (excludes halogenated alkanes) is 1. The Morgan fingerprint density at radius 3 is 2.29 bits per heavy atom. The van der Waals surface area contributed by atoms with Crippen molar-refractivity contribution in [1.29, 1.82) is 0 Å². The van der Waals surface area contributed by atoms with Crippen LogP contribution in [0, 0.1) is 5.82 Å². The van der Waals surface area contributed by atoms with Crippen LogP contribution in [0.5, 0.6) is 0 Å². The van der Waals surface area contributed by atoms with E-state index in [1.165, 1.54) is 18.2 Å². The highest BCUT2D eigenvalue weighted by Gasteiger charge is 2.26. The van der Waals surface area contributed by atoms with Crippen LogP contribution in [0.3, 0.4) is 0 Å². The zero-order valence-corrected chi connectivity index (χ0v) is 21.6. The Morgan fingerprint density at radius 2 is 1.66 bits per heavy atom. The molecule has 2 rings (SSSR count). The number of benzene rings is 2. The third-order valence-electron chi connectivity index (χ3n) is 5.75. The van der Waals surface area contributed by atoms with Crippen molar-refractivity contribution in [3.05, 3.63) is 66.0 Å². The number of nitrogens with one attached hydrogen (secondary N) is 1. The van der Waals surface area contributed by atoms with E-state index in [1.807, 2.05) is 37.3 Å². The normalized spacial score (nSPS) is 12.1. The molecule has 0 saturated heterocycles. The number of carbonyl (C=O) groups excluding carboxylic acids is 2. The lowest BCUT2D eigenvalue weighted by Gasteiger charge is -2.29. The molecule has 0 spiro atoms. The SMILES string of the molecule is CCCCNC(=O)C(C)N(CCc1ccccc1)C(=O)CCCN(c1ccccc1F)S(C)(=O)=O. The number of amides is 2. The molecule has 0 heterocycles. The lowest BCUT2D eigenvalue weighted by molar-refractivity contribution is -0.139. The topological polar surface area (TPSA) is 86.8 Å². The standard InChI is InChI=1S/C26H36FN3O4S/c1-4-5-18-28-26(32)21(2)29(20-17-22-12-7-6-8-13-22)25(31)16-11-19-30(35(3,33)34)24-15-10-9-14-23(24)27/h6-10,12-15,21H,4-5,11,16-20H2,1-3H3,(H,28,32). The fraction of sp³-hybridized carbons (Fsp3) is 0.462. The first-order valence-corrected chi connectivity index (χ1v) is 13.8. The summed E-state index contributed by atoms with van der Waals surface area (Å²) >= 11 is 0. The summed E-state index contributed by atoms with van der Waals surface area (Å²) in [5.41, 5.74) is 0.999. The summed E-state index contributed by atoms with van der Waals surface area (Å²) in [6.07, 6.45) is 3.62. The van der Waals surface area contributed by atoms with Crippen molar-refractivity contribution in [3.8, 4) is 0 Å². The molecule has 1 unspecified atom stereocenters. The molecule has 0 saturated carbocycles. The van der Waals surface area contributed by atoms with E-state index in [0.717, 1.165) is 29.0 Å². The molecule has 0 bridgehead atoms. The van der Waals surface area contributed by atoms with E-state index in [2.05, 4.69) is 5.32 Å². The first kappa shape index (κ1) is 28.3. The van der Waals surface area contributed by atoms with Gasteiger partial charge in [0.05, 0.1) is 11.9 Å². The van der Waals surface area contributed by atoms with Gasteiger partial charge in [-0.3, -0.25) is 13.9 Å². The number of hydrogen-bond donors (Lipinski definition) is 1. The Labute approximate surface area is 208 Å². The zero-order valence-electron chi connectivity index (χ0n) is 20.7. The largest absolute Gasteiger partial charge is 0.354 e. The first-order chi connectivity index (χ1) is 16.6. The third-order valence-corrected chi connectivity index (χ3v) is 6.93. The number of carbonyl (C=O) groups is 2. The van der Waals surface area contributed by atoms with Crippen molar-refractivity contribution in [2.75, 3.05) is 30.2 Å². The maximum Gasteiger partial charge on any atom is 0.242 e. The molecule has 0 aliphatic rings. The minimum absolute atomic E-state index is 0.0296. The summed E-state index contributed by atoms with van der Waals surface area (Å²) in [5.74, 6) is -1.11. The molecule has 192 valence electrons. The molecule has 7 nitrogen and oxygen atoms in total. The van der Waals surface area contributed by atoms with Gasteiger partial charge >= 0.3 is 0 Å². The van der Waals surface area contributed by atoms with E-state index in [0.29, 0.717) is 19.5 Å². The van der Waals surface area contributed by atoms with Crippen LogP contribution in [-0.4, -0.2) is 57.1 Å². The minimum Gasteiger partial charge on any atom is -0.354 e. The number of para-hydroxylation sites is 1. The van der Waals surface area contributed by atoms with Crippen LogP contribution >= 0.6 is 0 Å². The van der Waals surface area contributed by atoms with E-state index >= 15 is 0 Å². The van der Waals surface area contributed by atoms with Crippen LogP contribution < -0.4 is 9.62 Å². The molecular weight excluding hydrogens is 469 g/mol. The van der Waals surface area contributed by atoms with Gasteiger partial charge in [-0.05, 0) is 43.9 Å². The second-order valence-electron chi connectivity index (χ2n) is 8.53. The molecule has 2 amide bonds. The molecule has 0 aromatic heterocycles. The van der Waals surface area contributed by atoms with Gasteiger partial charge in [0.25, 0.3) is 0 Å². The summed E-state index contributed by atoms with van der Waals surface area (Å²) in [4.78, 5) is 27.4. The van der Waals surface area contributed by atoms with Crippen LogP contribution in [0.25, 0.3) is 0 Å². The summed E-state index contributed by atoms with van der Waals surface area (Å²) in [5, 5.41) is 2.88. The second-order valence-corrected chi connectivity index (χ2v) is 10.4. The highest BCUT2D eigenvalue weighted by Crippen LogP contribution is 2.22. The molecule has 0 radical (unpaired) electrons. The van der Waals surface area contributed by atoms with Gasteiger partial charge < -0.3 is 10.2 Å². The minimum atomic E-state index is -3.74. The lowest BCUT2D eigenvalue weighted by atomic mass is 10.1. The fourth-order valence-corrected chi connectivity index (χ4v) is 4.71. The fourth-order valence-electron chi connectivity index (χ4n) is 3.74. The van der Waals surface area contributed by atoms with Crippen molar-refractivity contribution in [2.24, 2.45) is 0 Å². The highest BCUT2D eigenvalue weighted by atomic mass is 32.2. The molecule has 35 heavy (non-hydrogen) atoms. The summed E-state index contributed by atoms with van der Waals surface area (Å²) in [6.45, 7) is 4.59. The van der Waals surface area contributed by atoms with Gasteiger partial charge in [0.2, 0.25) is 21.8 Å². The van der Waals surface area contributed by atoms with Gasteiger partial charge in [0.1, 0.15) is 11.9 Å². The van der Waals surface area contributed by atoms with Gasteiger partial charge in [-0.15, -0.1) is 0 Å². The van der Waals surface area contributed by atoms with Gasteiger partial charge in [0, 0.05) is 26.1 Å². The van der Waals surface area contributed by atoms with Crippen molar-refractivity contribution in [2.45, 2.75) is 52.0 Å². The predicted molar refractivity (Wildman–Crippen MR) is 137 cm³/mol. The van der Waals surface area contributed by atoms with E-state index in [9.17, 15) is 22.4 Å². The molecule has 1 N–H and O–H groups in total. The average Bonchev–Trinajstić information content (AvgIpc) is 2.82. The summed E-state index contributed by atoms with van der Waals surface area (Å²) in [6, 6.07) is 14.7. The predicted octanol–water partition coefficient (Wildman–Crippen LogP) is 3.75. The Kier molecular flexibility index (Phi) is 11.2. The van der Waals surface area contributed by atoms with Gasteiger partial charge in [-0.25, -0.2) is 12.8 Å². The van der Waals surface area contributed by atoms with E-state index in [4.69, 9.17) is 0 Å². The number of sulfonamides is 1. The van der Waals surface area contributed by atoms with E-state index < -0.39 is 21.9 Å². The van der Waals surface area contributed by atoms with E-state index in [-0.39, 0.29) is 36.9 Å². The third kappa shape index (κ3) is 8.98. The maximum absolute atomic E-state index is 14.2. The van der Waals surface area contributed by atoms with Crippen molar-refractivity contribution >= 4 is 27.5 Å². The molecule has 2 aromatic carbocycles. The van der Waals surface area contributed by atoms with Gasteiger partial charge in [0.15, 0.2) is 0 Å². The molecule has 0 fully saturated rings. The van der Waals surface area contributed by atoms with Crippen molar-refractivity contribution < 1.29 is 22.4 Å². The Balaban J connectivity index is 2.09. The van der Waals surface area contributed by atoms with Crippen LogP contribution in [0.1, 0.15) is 45.1 Å². The van der Waals surface area contributed by atoms with Crippen molar-refractivity contribution in [1.82, 2.24) is 10.2 Å². The summed E-state index contributed by atoms with van der Waals surface area (Å²) in [7, 11) is -3.74. The maximum atomic E-state index is 14.2. The quantitative estimate of drug-likeness (QED) is 0.396. The second kappa shape index (κ2) is 13.8. The lowest BCUT2D eigenvalue weighted by Crippen LogP contribution is -2.49. The van der Waals surface area contributed by atoms with Gasteiger partial charge in [-0.1, -0.05) is 55.8 Å². The number of hydrogen-bond acceptors (Lipinski definition) is 4. The molecule has 9 heteroatoms. The van der Waals surface area contributed by atoms with Crippen LogP contribution in [0.2, 0.25) is 0 Å². The monoisotopic (exact) mass is 505 g/mol. The smallest absolute Gasteiger partial charge is 0.242 e.